The van der Waals surface area contributed by atoms with Gasteiger partial charge in [0.05, 0.1) is 0 Å². The lowest BCUT2D eigenvalue weighted by Crippen LogP contribution is -2.26. The van der Waals surface area contributed by atoms with Gasteiger partial charge in [-0.1, -0.05) is 49.4 Å². The fraction of sp³-hybridized carbons (Fsp3) is 0.316. The van der Waals surface area contributed by atoms with Gasteiger partial charge in [0, 0.05) is 30.7 Å². The standard InChI is InChI=1S/C19H23NOS/c1-3-16-9-11-17(12-10-16)15-20(2)19(21)13-14-22-18-7-5-4-6-8-18/h4-12H,3,13-15H2,1-2H3. The molecule has 2 rings (SSSR count). The van der Waals surface area contributed by atoms with E-state index >= 15 is 0 Å². The van der Waals surface area contributed by atoms with E-state index in [1.54, 1.807) is 11.8 Å². The Bertz CT molecular complexity index is 580. The zero-order chi connectivity index (χ0) is 15.8. The molecule has 0 heterocycles. The van der Waals surface area contributed by atoms with Gasteiger partial charge >= 0.3 is 0 Å². The maximum atomic E-state index is 12.2. The van der Waals surface area contributed by atoms with Gasteiger partial charge in [-0.3, -0.25) is 4.79 Å². The molecule has 0 aliphatic carbocycles. The van der Waals surface area contributed by atoms with E-state index in [2.05, 4.69) is 43.3 Å². The smallest absolute Gasteiger partial charge is 0.223 e. The molecule has 0 atom stereocenters. The summed E-state index contributed by atoms with van der Waals surface area (Å²) < 4.78 is 0. The molecule has 0 radical (unpaired) electrons. The van der Waals surface area contributed by atoms with Crippen molar-refractivity contribution >= 4 is 17.7 Å². The molecular weight excluding hydrogens is 290 g/mol. The number of hydrogen-bond acceptors (Lipinski definition) is 2. The molecule has 0 N–H and O–H groups in total. The molecule has 0 saturated heterocycles. The molecule has 0 aromatic heterocycles. The van der Waals surface area contributed by atoms with Crippen molar-refractivity contribution in [3.8, 4) is 0 Å². The zero-order valence-electron chi connectivity index (χ0n) is 13.3. The third-order valence-electron chi connectivity index (χ3n) is 3.60. The first-order valence-electron chi connectivity index (χ1n) is 7.68. The Morgan fingerprint density at radius 2 is 1.64 bits per heavy atom. The number of carbonyl (C=O) groups is 1. The summed E-state index contributed by atoms with van der Waals surface area (Å²) in [6.45, 7) is 2.83. The first-order valence-corrected chi connectivity index (χ1v) is 8.67. The van der Waals surface area contributed by atoms with Crippen LogP contribution in [0.25, 0.3) is 0 Å². The summed E-state index contributed by atoms with van der Waals surface area (Å²) >= 11 is 1.73. The number of benzene rings is 2. The number of aryl methyl sites for hydroxylation is 1. The van der Waals surface area contributed by atoms with Crippen LogP contribution in [-0.4, -0.2) is 23.6 Å². The highest BCUT2D eigenvalue weighted by atomic mass is 32.2. The van der Waals surface area contributed by atoms with Crippen molar-refractivity contribution in [3.63, 3.8) is 0 Å². The highest BCUT2D eigenvalue weighted by Crippen LogP contribution is 2.18. The van der Waals surface area contributed by atoms with Crippen LogP contribution >= 0.6 is 11.8 Å². The molecular formula is C19H23NOS. The average Bonchev–Trinajstić information content (AvgIpc) is 2.56. The number of hydrogen-bond donors (Lipinski definition) is 0. The third-order valence-corrected chi connectivity index (χ3v) is 4.62. The Balaban J connectivity index is 1.76. The molecule has 22 heavy (non-hydrogen) atoms. The average molecular weight is 313 g/mol. The van der Waals surface area contributed by atoms with Crippen LogP contribution in [0, 0.1) is 0 Å². The quantitative estimate of drug-likeness (QED) is 0.707. The van der Waals surface area contributed by atoms with E-state index in [1.807, 2.05) is 30.1 Å². The van der Waals surface area contributed by atoms with E-state index in [0.29, 0.717) is 13.0 Å². The first-order chi connectivity index (χ1) is 10.7. The molecule has 3 heteroatoms. The van der Waals surface area contributed by atoms with E-state index in [-0.39, 0.29) is 5.91 Å². The van der Waals surface area contributed by atoms with Gasteiger partial charge in [0.1, 0.15) is 0 Å². The van der Waals surface area contributed by atoms with E-state index in [0.717, 1.165) is 12.2 Å². The third kappa shape index (κ3) is 5.23. The van der Waals surface area contributed by atoms with Crippen molar-refractivity contribution in [2.45, 2.75) is 31.2 Å². The Labute approximate surface area is 137 Å². The van der Waals surface area contributed by atoms with Gasteiger partial charge in [0.15, 0.2) is 0 Å². The maximum absolute atomic E-state index is 12.2. The summed E-state index contributed by atoms with van der Waals surface area (Å²) in [5.41, 5.74) is 2.51. The second kappa shape index (κ2) is 8.64. The van der Waals surface area contributed by atoms with Gasteiger partial charge in [-0.2, -0.15) is 0 Å². The summed E-state index contributed by atoms with van der Waals surface area (Å²) in [6, 6.07) is 18.7. The molecule has 0 fully saturated rings. The number of nitrogens with zero attached hydrogens (tertiary/aromatic N) is 1. The Morgan fingerprint density at radius 1 is 1.00 bits per heavy atom. The van der Waals surface area contributed by atoms with Crippen molar-refractivity contribution in [2.24, 2.45) is 0 Å². The van der Waals surface area contributed by atoms with E-state index in [9.17, 15) is 4.79 Å². The molecule has 116 valence electrons. The van der Waals surface area contributed by atoms with Crippen LogP contribution in [0.3, 0.4) is 0 Å². The number of rotatable bonds is 7. The SMILES string of the molecule is CCc1ccc(CN(C)C(=O)CCSc2ccccc2)cc1. The normalized spacial score (nSPS) is 10.5. The maximum Gasteiger partial charge on any atom is 0.223 e. The lowest BCUT2D eigenvalue weighted by atomic mass is 10.1. The van der Waals surface area contributed by atoms with Crippen LogP contribution in [0.5, 0.6) is 0 Å². The van der Waals surface area contributed by atoms with Crippen LogP contribution < -0.4 is 0 Å². The fourth-order valence-corrected chi connectivity index (χ4v) is 3.07. The van der Waals surface area contributed by atoms with Crippen LogP contribution in [0.1, 0.15) is 24.5 Å². The van der Waals surface area contributed by atoms with E-state index in [4.69, 9.17) is 0 Å². The lowest BCUT2D eigenvalue weighted by Gasteiger charge is -2.17. The number of carbonyl (C=O) groups excluding carboxylic acids is 1. The van der Waals surface area contributed by atoms with Gasteiger partial charge in [-0.15, -0.1) is 11.8 Å². The molecule has 2 nitrogen and oxygen atoms in total. The monoisotopic (exact) mass is 313 g/mol. The van der Waals surface area contributed by atoms with Crippen molar-refractivity contribution in [1.82, 2.24) is 4.90 Å². The first kappa shape index (κ1) is 16.6. The molecule has 0 aliphatic heterocycles. The molecule has 0 bridgehead atoms. The Kier molecular flexibility index (Phi) is 6.53. The minimum Gasteiger partial charge on any atom is -0.341 e. The molecule has 2 aromatic carbocycles. The second-order valence-corrected chi connectivity index (χ2v) is 6.50. The summed E-state index contributed by atoms with van der Waals surface area (Å²) in [6.07, 6.45) is 1.62. The Morgan fingerprint density at radius 3 is 2.27 bits per heavy atom. The highest BCUT2D eigenvalue weighted by Gasteiger charge is 2.09. The molecule has 0 unspecified atom stereocenters. The van der Waals surface area contributed by atoms with Gasteiger partial charge in [-0.25, -0.2) is 0 Å². The minimum atomic E-state index is 0.197. The molecule has 0 aliphatic rings. The van der Waals surface area contributed by atoms with Gasteiger partial charge < -0.3 is 4.90 Å². The largest absolute Gasteiger partial charge is 0.341 e. The van der Waals surface area contributed by atoms with Crippen LogP contribution in [0.4, 0.5) is 0 Å². The topological polar surface area (TPSA) is 20.3 Å². The van der Waals surface area contributed by atoms with Gasteiger partial charge in [0.2, 0.25) is 5.91 Å². The van der Waals surface area contributed by atoms with Crippen LogP contribution in [-0.2, 0) is 17.8 Å². The van der Waals surface area contributed by atoms with E-state index < -0.39 is 0 Å². The predicted octanol–water partition coefficient (Wildman–Crippen LogP) is 4.39. The molecule has 0 saturated carbocycles. The molecule has 0 spiro atoms. The van der Waals surface area contributed by atoms with E-state index in [1.165, 1.54) is 16.0 Å². The minimum absolute atomic E-state index is 0.197. The van der Waals surface area contributed by atoms with Crippen LogP contribution in [0.15, 0.2) is 59.5 Å². The number of thioether (sulfide) groups is 1. The lowest BCUT2D eigenvalue weighted by molar-refractivity contribution is -0.129. The van der Waals surface area contributed by atoms with Crippen LogP contribution in [0.2, 0.25) is 0 Å². The summed E-state index contributed by atoms with van der Waals surface area (Å²) in [7, 11) is 1.88. The predicted molar refractivity (Wildman–Crippen MR) is 94.1 cm³/mol. The van der Waals surface area contributed by atoms with Crippen molar-refractivity contribution in [1.29, 1.82) is 0 Å². The van der Waals surface area contributed by atoms with Crippen molar-refractivity contribution in [2.75, 3.05) is 12.8 Å². The summed E-state index contributed by atoms with van der Waals surface area (Å²) in [4.78, 5) is 15.2. The van der Waals surface area contributed by atoms with Gasteiger partial charge in [0.25, 0.3) is 0 Å². The number of amides is 1. The summed E-state index contributed by atoms with van der Waals surface area (Å²) in [5, 5.41) is 0. The summed E-state index contributed by atoms with van der Waals surface area (Å²) in [5.74, 6) is 1.02. The highest BCUT2D eigenvalue weighted by molar-refractivity contribution is 7.99. The van der Waals surface area contributed by atoms with Crippen molar-refractivity contribution < 1.29 is 4.79 Å². The van der Waals surface area contributed by atoms with Crippen molar-refractivity contribution in [3.05, 3.63) is 65.7 Å². The molecule has 2 aromatic rings. The van der Waals surface area contributed by atoms with Gasteiger partial charge in [-0.05, 0) is 29.7 Å². The second-order valence-electron chi connectivity index (χ2n) is 5.33. The zero-order valence-corrected chi connectivity index (χ0v) is 14.1. The Hall–Kier alpha value is -1.74. The fourth-order valence-electron chi connectivity index (χ4n) is 2.21. The molecule has 1 amide bonds.